The van der Waals surface area contributed by atoms with Crippen molar-refractivity contribution < 1.29 is 4.52 Å². The Morgan fingerprint density at radius 1 is 0.906 bits per heavy atom. The van der Waals surface area contributed by atoms with Crippen molar-refractivity contribution in [1.29, 1.82) is 0 Å². The van der Waals surface area contributed by atoms with E-state index in [-0.39, 0.29) is 5.56 Å². The van der Waals surface area contributed by atoms with Gasteiger partial charge in [0, 0.05) is 33.1 Å². The number of hydrogen-bond acceptors (Lipinski definition) is 5. The van der Waals surface area contributed by atoms with Gasteiger partial charge in [-0.2, -0.15) is 4.98 Å². The lowest BCUT2D eigenvalue weighted by Crippen LogP contribution is -2.18. The van der Waals surface area contributed by atoms with Crippen LogP contribution in [0.15, 0.2) is 87.1 Å². The molecule has 0 aliphatic rings. The van der Waals surface area contributed by atoms with E-state index >= 15 is 0 Å². The first-order chi connectivity index (χ1) is 15.5. The average molecular weight is 440 g/mol. The molecule has 5 aromatic rings. The number of pyridine rings is 1. The Bertz CT molecular complexity index is 1500. The monoisotopic (exact) mass is 439 g/mol. The lowest BCUT2D eigenvalue weighted by molar-refractivity contribution is 0.432. The molecule has 0 radical (unpaired) electrons. The topological polar surface area (TPSA) is 60.9 Å². The molecule has 5 nitrogen and oxygen atoms in total. The van der Waals surface area contributed by atoms with Crippen LogP contribution < -0.4 is 5.56 Å². The molecule has 0 atom stereocenters. The van der Waals surface area contributed by atoms with Gasteiger partial charge in [0.25, 0.3) is 11.4 Å². The minimum atomic E-state index is -0.0833. The number of fused-ring (bicyclic) bond motifs is 1. The van der Waals surface area contributed by atoms with Crippen LogP contribution in [0.25, 0.3) is 39.3 Å². The number of rotatable bonds is 4. The summed E-state index contributed by atoms with van der Waals surface area (Å²) in [6.07, 6.45) is 3.83. The zero-order valence-corrected chi connectivity index (χ0v) is 18.8. The summed E-state index contributed by atoms with van der Waals surface area (Å²) < 4.78 is 7.32. The van der Waals surface area contributed by atoms with E-state index in [4.69, 9.17) is 4.52 Å². The summed E-state index contributed by atoms with van der Waals surface area (Å²) in [7, 11) is 0. The third-order valence-electron chi connectivity index (χ3n) is 5.70. The second-order valence-electron chi connectivity index (χ2n) is 7.68. The Kier molecular flexibility index (Phi) is 5.15. The van der Waals surface area contributed by atoms with Gasteiger partial charge in [-0.25, -0.2) is 0 Å². The van der Waals surface area contributed by atoms with Crippen LogP contribution in [0, 0.1) is 13.8 Å². The van der Waals surface area contributed by atoms with E-state index in [0.29, 0.717) is 17.1 Å². The molecule has 0 saturated carbocycles. The lowest BCUT2D eigenvalue weighted by Gasteiger charge is -2.12. The van der Waals surface area contributed by atoms with Gasteiger partial charge in [0.15, 0.2) is 0 Å². The van der Waals surface area contributed by atoms with Gasteiger partial charge < -0.3 is 4.52 Å². The van der Waals surface area contributed by atoms with Crippen molar-refractivity contribution in [3.05, 3.63) is 94.4 Å². The Hall–Kier alpha value is -3.64. The van der Waals surface area contributed by atoms with Crippen LogP contribution in [0.4, 0.5) is 0 Å². The maximum absolute atomic E-state index is 13.3. The summed E-state index contributed by atoms with van der Waals surface area (Å²) in [6.45, 7) is 4.10. The van der Waals surface area contributed by atoms with E-state index in [1.165, 1.54) is 10.5 Å². The molecule has 0 aliphatic heterocycles. The molecule has 5 rings (SSSR count). The van der Waals surface area contributed by atoms with Crippen LogP contribution in [-0.4, -0.2) is 21.0 Å². The predicted octanol–water partition coefficient (Wildman–Crippen LogP) is 6.05. The van der Waals surface area contributed by atoms with E-state index in [2.05, 4.69) is 17.1 Å². The van der Waals surface area contributed by atoms with E-state index in [1.807, 2.05) is 79.9 Å². The van der Waals surface area contributed by atoms with Crippen molar-refractivity contribution in [1.82, 2.24) is 14.7 Å². The lowest BCUT2D eigenvalue weighted by atomic mass is 10.1. The fraction of sp³-hybridized carbons (Fsp3) is 0.115. The maximum atomic E-state index is 13.3. The Balaban J connectivity index is 1.69. The van der Waals surface area contributed by atoms with Gasteiger partial charge >= 0.3 is 0 Å². The molecule has 0 unspecified atom stereocenters. The predicted molar refractivity (Wildman–Crippen MR) is 130 cm³/mol. The first-order valence-corrected chi connectivity index (χ1v) is 11.5. The summed E-state index contributed by atoms with van der Waals surface area (Å²) in [6, 6.07) is 21.5. The normalized spacial score (nSPS) is 11.2. The second kappa shape index (κ2) is 8.13. The number of benzene rings is 3. The molecule has 32 heavy (non-hydrogen) atoms. The van der Waals surface area contributed by atoms with Crippen molar-refractivity contribution in [3.8, 4) is 28.5 Å². The van der Waals surface area contributed by atoms with Gasteiger partial charge in [-0.05, 0) is 73.7 Å². The molecule has 0 saturated heterocycles. The molecule has 3 aromatic carbocycles. The number of hydrogen-bond donors (Lipinski definition) is 0. The minimum absolute atomic E-state index is 0.0833. The van der Waals surface area contributed by atoms with Gasteiger partial charge in [-0.15, -0.1) is 11.8 Å². The van der Waals surface area contributed by atoms with Crippen LogP contribution >= 0.6 is 11.8 Å². The first-order valence-electron chi connectivity index (χ1n) is 10.3. The van der Waals surface area contributed by atoms with Gasteiger partial charge in [0.05, 0.1) is 5.56 Å². The largest absolute Gasteiger partial charge is 0.334 e. The second-order valence-corrected chi connectivity index (χ2v) is 8.56. The number of thioether (sulfide) groups is 1. The summed E-state index contributed by atoms with van der Waals surface area (Å²) in [5.41, 5.74) is 4.62. The van der Waals surface area contributed by atoms with E-state index in [1.54, 1.807) is 22.5 Å². The van der Waals surface area contributed by atoms with Gasteiger partial charge in [-0.3, -0.25) is 9.36 Å². The zero-order chi connectivity index (χ0) is 22.2. The molecule has 0 fully saturated rings. The highest BCUT2D eigenvalue weighted by atomic mass is 32.2. The first kappa shape index (κ1) is 20.3. The third kappa shape index (κ3) is 3.52. The van der Waals surface area contributed by atoms with Crippen molar-refractivity contribution in [2.45, 2.75) is 18.7 Å². The molecule has 2 aromatic heterocycles. The van der Waals surface area contributed by atoms with Gasteiger partial charge in [0.1, 0.15) is 0 Å². The molecular formula is C26H21N3O2S. The Morgan fingerprint density at radius 2 is 1.66 bits per heavy atom. The molecule has 0 spiro atoms. The fourth-order valence-electron chi connectivity index (χ4n) is 3.72. The summed E-state index contributed by atoms with van der Waals surface area (Å²) in [4.78, 5) is 19.1. The maximum Gasteiger partial charge on any atom is 0.262 e. The Labute approximate surface area is 189 Å². The molecule has 0 aliphatic carbocycles. The highest BCUT2D eigenvalue weighted by Gasteiger charge is 2.17. The molecule has 0 bridgehead atoms. The number of nitrogens with zero attached hydrogens (tertiary/aromatic N) is 3. The van der Waals surface area contributed by atoms with E-state index in [9.17, 15) is 4.79 Å². The van der Waals surface area contributed by atoms with E-state index in [0.717, 1.165) is 27.8 Å². The van der Waals surface area contributed by atoms with Crippen molar-refractivity contribution in [2.75, 3.05) is 6.26 Å². The van der Waals surface area contributed by atoms with Crippen molar-refractivity contribution in [2.24, 2.45) is 0 Å². The highest BCUT2D eigenvalue weighted by molar-refractivity contribution is 7.98. The molecule has 0 N–H and O–H groups in total. The number of aryl methyl sites for hydroxylation is 2. The quantitative estimate of drug-likeness (QED) is 0.319. The number of aromatic nitrogens is 3. The summed E-state index contributed by atoms with van der Waals surface area (Å²) in [5.74, 6) is 0.892. The summed E-state index contributed by atoms with van der Waals surface area (Å²) >= 11 is 1.68. The van der Waals surface area contributed by atoms with Crippen LogP contribution in [-0.2, 0) is 0 Å². The smallest absolute Gasteiger partial charge is 0.262 e. The zero-order valence-electron chi connectivity index (χ0n) is 18.0. The van der Waals surface area contributed by atoms with Gasteiger partial charge in [0.2, 0.25) is 5.82 Å². The van der Waals surface area contributed by atoms with Crippen LogP contribution in [0.5, 0.6) is 0 Å². The SMILES string of the molecule is CSc1ccc(-c2noc(-c3cn(-c4ccc(C)c(C)c4)c(=O)c4ccccc34)n2)cc1. The molecule has 0 amide bonds. The molecular weight excluding hydrogens is 418 g/mol. The summed E-state index contributed by atoms with van der Waals surface area (Å²) in [5, 5.41) is 5.58. The minimum Gasteiger partial charge on any atom is -0.334 e. The standard InChI is InChI=1S/C26H21N3O2S/c1-16-8-11-19(14-17(16)2)29-15-23(21-6-4-5-7-22(21)26(29)30)25-27-24(28-31-25)18-9-12-20(32-3)13-10-18/h4-15H,1-3H3. The third-order valence-corrected chi connectivity index (χ3v) is 6.44. The van der Waals surface area contributed by atoms with Crippen LogP contribution in [0.1, 0.15) is 11.1 Å². The van der Waals surface area contributed by atoms with Crippen molar-refractivity contribution in [3.63, 3.8) is 0 Å². The molecule has 2 heterocycles. The average Bonchev–Trinajstić information content (AvgIpc) is 3.31. The highest BCUT2D eigenvalue weighted by Crippen LogP contribution is 2.29. The van der Waals surface area contributed by atoms with Crippen LogP contribution in [0.2, 0.25) is 0 Å². The van der Waals surface area contributed by atoms with Crippen LogP contribution in [0.3, 0.4) is 0 Å². The van der Waals surface area contributed by atoms with E-state index < -0.39 is 0 Å². The molecule has 158 valence electrons. The molecule has 6 heteroatoms. The van der Waals surface area contributed by atoms with Gasteiger partial charge in [-0.1, -0.05) is 29.4 Å². The van der Waals surface area contributed by atoms with Crippen molar-refractivity contribution >= 4 is 22.5 Å². The fourth-order valence-corrected chi connectivity index (χ4v) is 4.13. The Morgan fingerprint density at radius 3 is 2.38 bits per heavy atom.